The standard InChI is InChI=1S/C27H25NO5/c1-3-18-32-23-15-12-20(13-16-23)14-17-25(29)33-26(21-8-5-4-6-9-21)27(30)28-22-10-7-11-24(19-22)31-2/h3-17,19,26H,1,18H2,2H3,(H,28,30)/b17-14+. The average molecular weight is 443 g/mol. The number of amides is 1. The molecule has 168 valence electrons. The number of anilines is 1. The molecule has 1 amide bonds. The van der Waals surface area contributed by atoms with Gasteiger partial charge >= 0.3 is 5.97 Å². The summed E-state index contributed by atoms with van der Waals surface area (Å²) in [5.41, 5.74) is 1.88. The molecule has 6 nitrogen and oxygen atoms in total. The number of ether oxygens (including phenoxy) is 3. The predicted octanol–water partition coefficient (Wildman–Crippen LogP) is 5.20. The largest absolute Gasteiger partial charge is 0.497 e. The summed E-state index contributed by atoms with van der Waals surface area (Å²) < 4.78 is 16.2. The molecule has 0 radical (unpaired) electrons. The molecule has 1 unspecified atom stereocenters. The molecule has 0 bridgehead atoms. The second-order valence-corrected chi connectivity index (χ2v) is 6.95. The topological polar surface area (TPSA) is 73.9 Å². The van der Waals surface area contributed by atoms with Crippen molar-refractivity contribution in [1.82, 2.24) is 0 Å². The van der Waals surface area contributed by atoms with Crippen molar-refractivity contribution in [2.45, 2.75) is 6.10 Å². The van der Waals surface area contributed by atoms with Crippen molar-refractivity contribution in [3.05, 3.63) is 109 Å². The molecule has 6 heteroatoms. The van der Waals surface area contributed by atoms with Crippen LogP contribution in [0.1, 0.15) is 17.2 Å². The fourth-order valence-electron chi connectivity index (χ4n) is 2.96. The number of hydrogen-bond donors (Lipinski definition) is 1. The molecule has 0 aliphatic rings. The summed E-state index contributed by atoms with van der Waals surface area (Å²) in [4.78, 5) is 25.5. The second kappa shape index (κ2) is 11.9. The van der Waals surface area contributed by atoms with Crippen LogP contribution in [0, 0.1) is 0 Å². The van der Waals surface area contributed by atoms with E-state index in [9.17, 15) is 9.59 Å². The van der Waals surface area contributed by atoms with Crippen molar-refractivity contribution in [3.63, 3.8) is 0 Å². The molecule has 0 fully saturated rings. The molecule has 0 aliphatic carbocycles. The van der Waals surface area contributed by atoms with Gasteiger partial charge in [0.05, 0.1) is 7.11 Å². The van der Waals surface area contributed by atoms with Crippen LogP contribution in [0.25, 0.3) is 6.08 Å². The van der Waals surface area contributed by atoms with Crippen molar-refractivity contribution >= 4 is 23.6 Å². The number of methoxy groups -OCH3 is 1. The van der Waals surface area contributed by atoms with E-state index in [1.165, 1.54) is 6.08 Å². The maximum Gasteiger partial charge on any atom is 0.331 e. The molecule has 0 saturated carbocycles. The van der Waals surface area contributed by atoms with E-state index in [4.69, 9.17) is 14.2 Å². The van der Waals surface area contributed by atoms with Gasteiger partial charge in [0.2, 0.25) is 6.10 Å². The number of carbonyl (C=O) groups is 2. The number of carbonyl (C=O) groups excluding carboxylic acids is 2. The first kappa shape index (κ1) is 23.3. The van der Waals surface area contributed by atoms with Crippen LogP contribution >= 0.6 is 0 Å². The molecular weight excluding hydrogens is 418 g/mol. The van der Waals surface area contributed by atoms with Gasteiger partial charge in [0.1, 0.15) is 18.1 Å². The van der Waals surface area contributed by atoms with Crippen LogP contribution in [0.4, 0.5) is 5.69 Å². The summed E-state index contributed by atoms with van der Waals surface area (Å²) in [6, 6.07) is 23.0. The third-order valence-corrected chi connectivity index (χ3v) is 4.57. The highest BCUT2D eigenvalue weighted by Gasteiger charge is 2.24. The third kappa shape index (κ3) is 7.11. The van der Waals surface area contributed by atoms with E-state index >= 15 is 0 Å². The number of nitrogens with one attached hydrogen (secondary N) is 1. The highest BCUT2D eigenvalue weighted by molar-refractivity contribution is 5.97. The first-order valence-electron chi connectivity index (χ1n) is 10.3. The van der Waals surface area contributed by atoms with Gasteiger partial charge in [-0.05, 0) is 35.9 Å². The molecule has 0 aromatic heterocycles. The quantitative estimate of drug-likeness (QED) is 0.265. The van der Waals surface area contributed by atoms with Gasteiger partial charge in [0.25, 0.3) is 5.91 Å². The molecule has 3 rings (SSSR count). The van der Waals surface area contributed by atoms with Gasteiger partial charge in [-0.15, -0.1) is 0 Å². The summed E-state index contributed by atoms with van der Waals surface area (Å²) >= 11 is 0. The lowest BCUT2D eigenvalue weighted by atomic mass is 10.1. The van der Waals surface area contributed by atoms with Gasteiger partial charge in [0, 0.05) is 23.4 Å². The van der Waals surface area contributed by atoms with Crippen molar-refractivity contribution in [2.24, 2.45) is 0 Å². The molecule has 3 aromatic rings. The minimum absolute atomic E-state index is 0.417. The Morgan fingerprint density at radius 3 is 2.42 bits per heavy atom. The minimum Gasteiger partial charge on any atom is -0.497 e. The lowest BCUT2D eigenvalue weighted by Crippen LogP contribution is -2.25. The first-order valence-corrected chi connectivity index (χ1v) is 10.3. The van der Waals surface area contributed by atoms with Gasteiger partial charge in [-0.25, -0.2) is 4.79 Å². The summed E-state index contributed by atoms with van der Waals surface area (Å²) in [6.45, 7) is 4.03. The Balaban J connectivity index is 1.70. The summed E-state index contributed by atoms with van der Waals surface area (Å²) in [6.07, 6.45) is 3.44. The highest BCUT2D eigenvalue weighted by Crippen LogP contribution is 2.23. The first-order chi connectivity index (χ1) is 16.1. The smallest absolute Gasteiger partial charge is 0.331 e. The molecule has 1 atom stereocenters. The van der Waals surface area contributed by atoms with Crippen LogP contribution in [0.2, 0.25) is 0 Å². The third-order valence-electron chi connectivity index (χ3n) is 4.57. The van der Waals surface area contributed by atoms with Gasteiger partial charge in [-0.2, -0.15) is 0 Å². The van der Waals surface area contributed by atoms with E-state index in [0.717, 1.165) is 5.56 Å². The van der Waals surface area contributed by atoms with Crippen molar-refractivity contribution in [2.75, 3.05) is 19.0 Å². The molecule has 0 aliphatic heterocycles. The monoisotopic (exact) mass is 443 g/mol. The summed E-state index contributed by atoms with van der Waals surface area (Å²) in [5, 5.41) is 2.78. The molecule has 1 N–H and O–H groups in total. The maximum atomic E-state index is 13.0. The molecule has 0 heterocycles. The Hall–Kier alpha value is -4.32. The van der Waals surface area contributed by atoms with Crippen LogP contribution in [0.15, 0.2) is 97.6 Å². The normalized spacial score (nSPS) is 11.4. The van der Waals surface area contributed by atoms with Crippen molar-refractivity contribution in [1.29, 1.82) is 0 Å². The molecule has 33 heavy (non-hydrogen) atoms. The minimum atomic E-state index is -1.12. The number of hydrogen-bond acceptors (Lipinski definition) is 5. The number of esters is 1. The average Bonchev–Trinajstić information content (AvgIpc) is 2.86. The van der Waals surface area contributed by atoms with Crippen molar-refractivity contribution < 1.29 is 23.8 Å². The van der Waals surface area contributed by atoms with E-state index in [-0.39, 0.29) is 0 Å². The Bertz CT molecular complexity index is 1110. The zero-order chi connectivity index (χ0) is 23.5. The van der Waals surface area contributed by atoms with E-state index in [0.29, 0.717) is 29.4 Å². The number of benzene rings is 3. The SMILES string of the molecule is C=CCOc1ccc(/C=C/C(=O)OC(C(=O)Nc2cccc(OC)c2)c2ccccc2)cc1. The van der Waals surface area contributed by atoms with Crippen LogP contribution in [0.5, 0.6) is 11.5 Å². The Kier molecular flexibility index (Phi) is 8.42. The Labute approximate surface area is 193 Å². The van der Waals surface area contributed by atoms with Crippen molar-refractivity contribution in [3.8, 4) is 11.5 Å². The Morgan fingerprint density at radius 2 is 1.73 bits per heavy atom. The second-order valence-electron chi connectivity index (χ2n) is 6.95. The number of rotatable bonds is 10. The fourth-order valence-corrected chi connectivity index (χ4v) is 2.96. The van der Waals surface area contributed by atoms with E-state index in [1.54, 1.807) is 79.9 Å². The van der Waals surface area contributed by atoms with Crippen LogP contribution < -0.4 is 14.8 Å². The zero-order valence-electron chi connectivity index (χ0n) is 18.3. The van der Waals surface area contributed by atoms with Gasteiger partial charge in [0.15, 0.2) is 0 Å². The van der Waals surface area contributed by atoms with Gasteiger partial charge in [-0.1, -0.05) is 61.2 Å². The molecule has 0 saturated heterocycles. The van der Waals surface area contributed by atoms with Crippen LogP contribution in [-0.4, -0.2) is 25.6 Å². The highest BCUT2D eigenvalue weighted by atomic mass is 16.5. The van der Waals surface area contributed by atoms with E-state index in [2.05, 4.69) is 11.9 Å². The molecule has 0 spiro atoms. The molecular formula is C27H25NO5. The van der Waals surface area contributed by atoms with E-state index in [1.807, 2.05) is 18.2 Å². The van der Waals surface area contributed by atoms with Gasteiger partial charge in [-0.3, -0.25) is 4.79 Å². The predicted molar refractivity (Wildman–Crippen MR) is 128 cm³/mol. The lowest BCUT2D eigenvalue weighted by molar-refractivity contribution is -0.149. The zero-order valence-corrected chi connectivity index (χ0v) is 18.3. The summed E-state index contributed by atoms with van der Waals surface area (Å²) in [7, 11) is 1.55. The fraction of sp³-hybridized carbons (Fsp3) is 0.111. The lowest BCUT2D eigenvalue weighted by Gasteiger charge is -2.17. The Morgan fingerprint density at radius 1 is 0.970 bits per heavy atom. The van der Waals surface area contributed by atoms with E-state index < -0.39 is 18.0 Å². The van der Waals surface area contributed by atoms with Gasteiger partial charge < -0.3 is 19.5 Å². The van der Waals surface area contributed by atoms with Crippen LogP contribution in [-0.2, 0) is 14.3 Å². The maximum absolute atomic E-state index is 13.0. The van der Waals surface area contributed by atoms with Crippen LogP contribution in [0.3, 0.4) is 0 Å². The molecule has 3 aromatic carbocycles. The summed E-state index contributed by atoms with van der Waals surface area (Å²) in [5.74, 6) is 0.189.